The van der Waals surface area contributed by atoms with E-state index in [0.29, 0.717) is 0 Å². The Labute approximate surface area is 72.7 Å². The Morgan fingerprint density at radius 1 is 1.75 bits per heavy atom. The zero-order chi connectivity index (χ0) is 8.97. The van der Waals surface area contributed by atoms with Crippen molar-refractivity contribution in [2.75, 3.05) is 20.8 Å². The summed E-state index contributed by atoms with van der Waals surface area (Å²) >= 11 is 0. The molecule has 1 rings (SSSR count). The molecule has 1 atom stereocenters. The summed E-state index contributed by atoms with van der Waals surface area (Å²) in [6.45, 7) is 0.0988. The van der Waals surface area contributed by atoms with Crippen LogP contribution in [0, 0.1) is 0 Å². The fourth-order valence-electron chi connectivity index (χ4n) is 1.30. The number of hydrogen-bond donors (Lipinski definition) is 2. The van der Waals surface area contributed by atoms with Crippen molar-refractivity contribution < 1.29 is 9.84 Å². The molecule has 0 saturated carbocycles. The maximum Gasteiger partial charge on any atom is 0.0999 e. The first-order valence-corrected chi connectivity index (χ1v) is 4.03. The van der Waals surface area contributed by atoms with Crippen LogP contribution >= 0.6 is 0 Å². The summed E-state index contributed by atoms with van der Waals surface area (Å²) in [5.41, 5.74) is 1.98. The van der Waals surface area contributed by atoms with Gasteiger partial charge < -0.3 is 15.2 Å². The number of aliphatic hydroxyl groups is 1. The van der Waals surface area contributed by atoms with Crippen LogP contribution in [0.1, 0.15) is 6.42 Å². The van der Waals surface area contributed by atoms with Crippen LogP contribution in [0.5, 0.6) is 0 Å². The van der Waals surface area contributed by atoms with Crippen molar-refractivity contribution in [1.82, 2.24) is 5.32 Å². The molecule has 3 heteroatoms. The van der Waals surface area contributed by atoms with Gasteiger partial charge in [0.25, 0.3) is 0 Å². The van der Waals surface area contributed by atoms with E-state index in [1.54, 1.807) is 7.11 Å². The summed E-state index contributed by atoms with van der Waals surface area (Å²) < 4.78 is 5.23. The highest BCUT2D eigenvalue weighted by atomic mass is 16.5. The molecule has 0 radical (unpaired) electrons. The second-order valence-corrected chi connectivity index (χ2v) is 2.75. The van der Waals surface area contributed by atoms with Gasteiger partial charge in [0.05, 0.1) is 12.7 Å². The zero-order valence-corrected chi connectivity index (χ0v) is 7.50. The first-order valence-electron chi connectivity index (χ1n) is 4.03. The van der Waals surface area contributed by atoms with Crippen LogP contribution in [-0.4, -0.2) is 32.0 Å². The first kappa shape index (κ1) is 9.29. The number of likely N-dealkylation sites (N-methyl/N-ethyl adjacent to an activating group) is 1. The molecule has 3 nitrogen and oxygen atoms in total. The highest BCUT2D eigenvalue weighted by Crippen LogP contribution is 2.17. The van der Waals surface area contributed by atoms with E-state index in [1.165, 1.54) is 0 Å². The molecule has 1 aliphatic carbocycles. The van der Waals surface area contributed by atoms with Crippen LogP contribution in [0.15, 0.2) is 23.4 Å². The maximum atomic E-state index is 8.88. The molecule has 0 aromatic rings. The number of nitrogens with one attached hydrogen (secondary N) is 1. The summed E-state index contributed by atoms with van der Waals surface area (Å²) in [6.07, 6.45) is 4.87. The van der Waals surface area contributed by atoms with Gasteiger partial charge in [-0.25, -0.2) is 0 Å². The number of aliphatic hydroxyl groups excluding tert-OH is 1. The molecule has 0 saturated heterocycles. The molecular formula is C9H15NO2. The summed E-state index contributed by atoms with van der Waals surface area (Å²) in [6, 6.07) is 0. The number of rotatable bonds is 3. The van der Waals surface area contributed by atoms with Crippen molar-refractivity contribution >= 4 is 0 Å². The van der Waals surface area contributed by atoms with Gasteiger partial charge >= 0.3 is 0 Å². The lowest BCUT2D eigenvalue weighted by atomic mass is 10.0. The van der Waals surface area contributed by atoms with Gasteiger partial charge in [0.15, 0.2) is 0 Å². The molecule has 0 bridgehead atoms. The summed E-state index contributed by atoms with van der Waals surface area (Å²) in [5, 5.41) is 11.9. The van der Waals surface area contributed by atoms with Gasteiger partial charge in [-0.2, -0.15) is 0 Å². The second kappa shape index (κ2) is 4.28. The van der Waals surface area contributed by atoms with Gasteiger partial charge in [-0.3, -0.25) is 0 Å². The average Bonchev–Trinajstić information content (AvgIpc) is 2.16. The predicted octanol–water partition coefficient (Wildman–Crippen LogP) is 0.427. The minimum atomic E-state index is 0.0988. The van der Waals surface area contributed by atoms with Crippen LogP contribution in [0.25, 0.3) is 0 Å². The smallest absolute Gasteiger partial charge is 0.0999 e. The highest BCUT2D eigenvalue weighted by Gasteiger charge is 2.15. The van der Waals surface area contributed by atoms with Crippen LogP contribution in [-0.2, 0) is 4.74 Å². The Morgan fingerprint density at radius 2 is 2.50 bits per heavy atom. The fourth-order valence-corrected chi connectivity index (χ4v) is 1.30. The van der Waals surface area contributed by atoms with Gasteiger partial charge in [-0.05, 0) is 18.1 Å². The van der Waals surface area contributed by atoms with E-state index in [1.807, 2.05) is 19.2 Å². The normalized spacial score (nSPS) is 23.1. The molecule has 0 aliphatic heterocycles. The molecule has 1 aliphatic rings. The van der Waals surface area contributed by atoms with Crippen molar-refractivity contribution in [1.29, 1.82) is 0 Å². The maximum absolute atomic E-state index is 8.88. The molecule has 0 spiro atoms. The first-order chi connectivity index (χ1) is 5.81. The van der Waals surface area contributed by atoms with Crippen molar-refractivity contribution in [3.8, 4) is 0 Å². The molecule has 0 heterocycles. The van der Waals surface area contributed by atoms with Gasteiger partial charge in [0, 0.05) is 19.9 Å². The van der Waals surface area contributed by atoms with Crippen LogP contribution in [0.3, 0.4) is 0 Å². The largest absolute Gasteiger partial charge is 0.392 e. The van der Waals surface area contributed by atoms with E-state index in [2.05, 4.69) is 5.32 Å². The van der Waals surface area contributed by atoms with Gasteiger partial charge in [-0.1, -0.05) is 6.08 Å². The standard InChI is InChI=1S/C9H15NO2/c1-10-8-5-7(6-11)3-4-9(8)12-2/h3,5,9-11H,4,6H2,1-2H3. The van der Waals surface area contributed by atoms with E-state index in [0.717, 1.165) is 17.7 Å². The molecule has 12 heavy (non-hydrogen) atoms. The lowest BCUT2D eigenvalue weighted by Crippen LogP contribution is -2.25. The Balaban J connectivity index is 2.71. The number of hydrogen-bond acceptors (Lipinski definition) is 3. The Hall–Kier alpha value is -0.800. The van der Waals surface area contributed by atoms with Crippen LogP contribution in [0.4, 0.5) is 0 Å². The van der Waals surface area contributed by atoms with Gasteiger partial charge in [0.1, 0.15) is 0 Å². The topological polar surface area (TPSA) is 41.5 Å². The van der Waals surface area contributed by atoms with Gasteiger partial charge in [-0.15, -0.1) is 0 Å². The monoisotopic (exact) mass is 169 g/mol. The Bertz CT molecular complexity index is 209. The summed E-state index contributed by atoms with van der Waals surface area (Å²) in [4.78, 5) is 0. The lowest BCUT2D eigenvalue weighted by Gasteiger charge is -2.21. The summed E-state index contributed by atoms with van der Waals surface area (Å²) in [5.74, 6) is 0. The molecular weight excluding hydrogens is 154 g/mol. The molecule has 0 aromatic carbocycles. The lowest BCUT2D eigenvalue weighted by molar-refractivity contribution is 0.127. The van der Waals surface area contributed by atoms with Crippen molar-refractivity contribution in [2.24, 2.45) is 0 Å². The Kier molecular flexibility index (Phi) is 3.31. The minimum absolute atomic E-state index is 0.0988. The average molecular weight is 169 g/mol. The molecule has 0 fully saturated rings. The van der Waals surface area contributed by atoms with Crippen molar-refractivity contribution in [3.05, 3.63) is 23.4 Å². The molecule has 0 aromatic heterocycles. The van der Waals surface area contributed by atoms with E-state index >= 15 is 0 Å². The molecule has 1 unspecified atom stereocenters. The summed E-state index contributed by atoms with van der Waals surface area (Å²) in [7, 11) is 3.55. The zero-order valence-electron chi connectivity index (χ0n) is 7.50. The quantitative estimate of drug-likeness (QED) is 0.643. The Morgan fingerprint density at radius 3 is 3.00 bits per heavy atom. The third kappa shape index (κ3) is 1.87. The third-order valence-corrected chi connectivity index (χ3v) is 2.04. The number of methoxy groups -OCH3 is 1. The molecule has 2 N–H and O–H groups in total. The predicted molar refractivity (Wildman–Crippen MR) is 47.7 cm³/mol. The van der Waals surface area contributed by atoms with E-state index < -0.39 is 0 Å². The van der Waals surface area contributed by atoms with E-state index in [9.17, 15) is 0 Å². The second-order valence-electron chi connectivity index (χ2n) is 2.75. The van der Waals surface area contributed by atoms with E-state index in [-0.39, 0.29) is 12.7 Å². The third-order valence-electron chi connectivity index (χ3n) is 2.04. The van der Waals surface area contributed by atoms with Crippen LogP contribution in [0.2, 0.25) is 0 Å². The molecule has 68 valence electrons. The van der Waals surface area contributed by atoms with E-state index in [4.69, 9.17) is 9.84 Å². The minimum Gasteiger partial charge on any atom is -0.392 e. The SMILES string of the molecule is CNC1=CC(CO)=CCC1OC. The van der Waals surface area contributed by atoms with Crippen molar-refractivity contribution in [3.63, 3.8) is 0 Å². The van der Waals surface area contributed by atoms with Gasteiger partial charge in [0.2, 0.25) is 0 Å². The number of ether oxygens (including phenoxy) is 1. The van der Waals surface area contributed by atoms with Crippen LogP contribution < -0.4 is 5.32 Å². The van der Waals surface area contributed by atoms with Crippen molar-refractivity contribution in [2.45, 2.75) is 12.5 Å². The highest BCUT2D eigenvalue weighted by molar-refractivity contribution is 5.30. The fraction of sp³-hybridized carbons (Fsp3) is 0.556. The molecule has 0 amide bonds.